The van der Waals surface area contributed by atoms with Crippen LogP contribution in [0.5, 0.6) is 0 Å². The predicted octanol–water partition coefficient (Wildman–Crippen LogP) is 8.20. The molecule has 4 aromatic carbocycles. The van der Waals surface area contributed by atoms with E-state index in [1.165, 1.54) is 6.08 Å². The maximum atomic E-state index is 12.8. The van der Waals surface area contributed by atoms with Gasteiger partial charge in [0.2, 0.25) is 5.91 Å². The fourth-order valence-electron chi connectivity index (χ4n) is 5.98. The predicted molar refractivity (Wildman–Crippen MR) is 204 cm³/mol. The van der Waals surface area contributed by atoms with Gasteiger partial charge in [0.05, 0.1) is 28.9 Å². The van der Waals surface area contributed by atoms with Crippen LogP contribution in [0, 0.1) is 0 Å². The zero-order valence-electron chi connectivity index (χ0n) is 27.8. The van der Waals surface area contributed by atoms with Gasteiger partial charge < -0.3 is 19.6 Å². The molecule has 10 heteroatoms. The standard InChI is InChI=1S/C39H38Cl3N3O3Si/c1-39(2,3)49(31-11-7-5-8-12-31,32-13-9-6-10-14-32)48-26-33-34(41)20-21-35(37(33)42)45-25-29(40)23-30(45)24-44-36(46)22-17-27-15-18-28(19-16-27)38(47)43-4/h5-23,25H,24,26H2,1-4H3,(H,43,47)(H,44,46)/b22-17+. The average Bonchev–Trinajstić information content (AvgIpc) is 3.47. The van der Waals surface area contributed by atoms with Crippen LogP contribution in [-0.2, 0) is 22.4 Å². The molecule has 2 N–H and O–H groups in total. The molecule has 1 heterocycles. The Morgan fingerprint density at radius 3 is 2.04 bits per heavy atom. The molecule has 0 unspecified atom stereocenters. The Balaban J connectivity index is 1.40. The summed E-state index contributed by atoms with van der Waals surface area (Å²) in [7, 11) is -1.29. The highest BCUT2D eigenvalue weighted by molar-refractivity contribution is 6.99. The molecule has 0 aliphatic carbocycles. The van der Waals surface area contributed by atoms with Gasteiger partial charge in [0, 0.05) is 41.2 Å². The van der Waals surface area contributed by atoms with Crippen molar-refractivity contribution >= 4 is 71.4 Å². The summed E-state index contributed by atoms with van der Waals surface area (Å²) >= 11 is 20.5. The molecule has 0 saturated carbocycles. The number of amides is 2. The Morgan fingerprint density at radius 1 is 0.857 bits per heavy atom. The van der Waals surface area contributed by atoms with Gasteiger partial charge in [-0.1, -0.05) is 128 Å². The van der Waals surface area contributed by atoms with E-state index in [1.807, 2.05) is 47.0 Å². The van der Waals surface area contributed by atoms with E-state index < -0.39 is 8.32 Å². The minimum absolute atomic E-state index is 0.172. The summed E-state index contributed by atoms with van der Waals surface area (Å²) in [4.78, 5) is 24.6. The number of carbonyl (C=O) groups excluding carboxylic acids is 2. The van der Waals surface area contributed by atoms with E-state index in [9.17, 15) is 9.59 Å². The van der Waals surface area contributed by atoms with Crippen LogP contribution in [0.3, 0.4) is 0 Å². The van der Waals surface area contributed by atoms with Gasteiger partial charge in [-0.25, -0.2) is 0 Å². The van der Waals surface area contributed by atoms with Crippen molar-refractivity contribution in [2.24, 2.45) is 0 Å². The Hall–Kier alpha value is -4.11. The third-order valence-electron chi connectivity index (χ3n) is 8.41. The number of hydrogen-bond acceptors (Lipinski definition) is 3. The topological polar surface area (TPSA) is 72.4 Å². The molecule has 0 atom stereocenters. The van der Waals surface area contributed by atoms with E-state index in [-0.39, 0.29) is 30.0 Å². The molecule has 5 rings (SSSR count). The Kier molecular flexibility index (Phi) is 11.5. The monoisotopic (exact) mass is 729 g/mol. The second-order valence-corrected chi connectivity index (χ2v) is 18.1. The first-order valence-corrected chi connectivity index (χ1v) is 18.9. The molecule has 1 aromatic heterocycles. The number of carbonyl (C=O) groups is 2. The van der Waals surface area contributed by atoms with Gasteiger partial charge in [0.15, 0.2) is 0 Å². The van der Waals surface area contributed by atoms with Gasteiger partial charge in [0.25, 0.3) is 14.2 Å². The molecule has 0 saturated heterocycles. The Morgan fingerprint density at radius 2 is 1.47 bits per heavy atom. The van der Waals surface area contributed by atoms with Crippen LogP contribution in [0.15, 0.2) is 115 Å². The maximum Gasteiger partial charge on any atom is 0.261 e. The summed E-state index contributed by atoms with van der Waals surface area (Å²) in [5, 5.41) is 9.01. The van der Waals surface area contributed by atoms with E-state index >= 15 is 0 Å². The second-order valence-electron chi connectivity index (χ2n) is 12.6. The van der Waals surface area contributed by atoms with Crippen molar-refractivity contribution in [1.29, 1.82) is 0 Å². The molecule has 0 fully saturated rings. The highest BCUT2D eigenvalue weighted by atomic mass is 35.5. The van der Waals surface area contributed by atoms with E-state index in [0.29, 0.717) is 31.9 Å². The minimum Gasteiger partial charge on any atom is -0.403 e. The molecular formula is C39H38Cl3N3O3Si. The number of rotatable bonds is 11. The lowest BCUT2D eigenvalue weighted by Gasteiger charge is -2.43. The highest BCUT2D eigenvalue weighted by Gasteiger charge is 2.50. The van der Waals surface area contributed by atoms with Crippen LogP contribution in [-0.4, -0.2) is 31.7 Å². The molecule has 5 aromatic rings. The van der Waals surface area contributed by atoms with E-state index in [2.05, 4.69) is 55.7 Å². The van der Waals surface area contributed by atoms with Gasteiger partial charge >= 0.3 is 0 Å². The van der Waals surface area contributed by atoms with Gasteiger partial charge in [-0.15, -0.1) is 0 Å². The number of aromatic nitrogens is 1. The largest absolute Gasteiger partial charge is 0.403 e. The molecule has 0 radical (unpaired) electrons. The molecule has 0 bridgehead atoms. The van der Waals surface area contributed by atoms with E-state index in [4.69, 9.17) is 39.2 Å². The highest BCUT2D eigenvalue weighted by Crippen LogP contribution is 2.39. The van der Waals surface area contributed by atoms with E-state index in [1.54, 1.807) is 55.7 Å². The summed E-state index contributed by atoms with van der Waals surface area (Å²) in [5.74, 6) is -0.463. The molecular weight excluding hydrogens is 693 g/mol. The van der Waals surface area contributed by atoms with Crippen molar-refractivity contribution in [3.63, 3.8) is 0 Å². The number of nitrogens with zero attached hydrogens (tertiary/aromatic N) is 1. The smallest absolute Gasteiger partial charge is 0.261 e. The first kappa shape index (κ1) is 36.2. The average molecular weight is 731 g/mol. The molecule has 252 valence electrons. The van der Waals surface area contributed by atoms with Crippen LogP contribution in [0.25, 0.3) is 11.8 Å². The van der Waals surface area contributed by atoms with Crippen LogP contribution in [0.4, 0.5) is 0 Å². The lowest BCUT2D eigenvalue weighted by atomic mass is 10.1. The van der Waals surface area contributed by atoms with Crippen LogP contribution in [0.1, 0.15) is 48.0 Å². The van der Waals surface area contributed by atoms with Crippen molar-refractivity contribution < 1.29 is 14.0 Å². The lowest BCUT2D eigenvalue weighted by molar-refractivity contribution is -0.116. The fourth-order valence-corrected chi connectivity index (χ4v) is 11.3. The van der Waals surface area contributed by atoms with Crippen molar-refractivity contribution in [3.05, 3.63) is 153 Å². The number of nitrogens with one attached hydrogen (secondary N) is 2. The quantitative estimate of drug-likeness (QED) is 0.106. The van der Waals surface area contributed by atoms with Crippen LogP contribution >= 0.6 is 34.8 Å². The number of hydrogen-bond donors (Lipinski definition) is 2. The maximum absolute atomic E-state index is 12.8. The van der Waals surface area contributed by atoms with Gasteiger partial charge in [-0.3, -0.25) is 9.59 Å². The summed E-state index contributed by atoms with van der Waals surface area (Å²) in [6, 6.07) is 33.2. The molecule has 0 spiro atoms. The first-order valence-electron chi connectivity index (χ1n) is 15.8. The summed E-state index contributed by atoms with van der Waals surface area (Å²) in [6.45, 7) is 7.05. The van der Waals surface area contributed by atoms with Gasteiger partial charge in [-0.2, -0.15) is 0 Å². The molecule has 49 heavy (non-hydrogen) atoms. The normalized spacial score (nSPS) is 11.9. The zero-order chi connectivity index (χ0) is 35.2. The first-order chi connectivity index (χ1) is 23.4. The lowest BCUT2D eigenvalue weighted by Crippen LogP contribution is -2.66. The Bertz CT molecular complexity index is 1920. The third kappa shape index (κ3) is 8.04. The van der Waals surface area contributed by atoms with Crippen LogP contribution in [0.2, 0.25) is 20.1 Å². The SMILES string of the molecule is CNC(=O)c1ccc(/C=C/C(=O)NCc2cc(Cl)cn2-c2ccc(Cl)c(CO[Si](c3ccccc3)(c3ccccc3)C(C)(C)C)c2Cl)cc1. The summed E-state index contributed by atoms with van der Waals surface area (Å²) < 4.78 is 9.01. The van der Waals surface area contributed by atoms with Crippen molar-refractivity contribution in [1.82, 2.24) is 15.2 Å². The molecule has 6 nitrogen and oxygen atoms in total. The fraction of sp³-hybridized carbons (Fsp3) is 0.179. The van der Waals surface area contributed by atoms with Crippen LogP contribution < -0.4 is 21.0 Å². The van der Waals surface area contributed by atoms with Crippen molar-refractivity contribution in [3.8, 4) is 5.69 Å². The third-order valence-corrected chi connectivity index (χ3v) is 14.4. The van der Waals surface area contributed by atoms with Gasteiger partial charge in [-0.05, 0) is 57.4 Å². The summed E-state index contributed by atoms with van der Waals surface area (Å²) in [5.41, 5.74) is 3.38. The Labute approximate surface area is 303 Å². The zero-order valence-corrected chi connectivity index (χ0v) is 31.0. The second kappa shape index (κ2) is 15.6. The number of benzene rings is 4. The van der Waals surface area contributed by atoms with Gasteiger partial charge in [0.1, 0.15) is 0 Å². The molecule has 0 aliphatic heterocycles. The summed E-state index contributed by atoms with van der Waals surface area (Å²) in [6.07, 6.45) is 4.89. The minimum atomic E-state index is -2.87. The molecule has 2 amide bonds. The van der Waals surface area contributed by atoms with Crippen molar-refractivity contribution in [2.75, 3.05) is 7.05 Å². The van der Waals surface area contributed by atoms with Crippen molar-refractivity contribution in [2.45, 2.75) is 39.0 Å². The van der Waals surface area contributed by atoms with E-state index in [0.717, 1.165) is 21.6 Å². The molecule has 0 aliphatic rings. The number of halogens is 3.